The van der Waals surface area contributed by atoms with Crippen LogP contribution >= 0.6 is 34.8 Å². The standard InChI is InChI=1S/C16H12Cl3NO4/c1-10-6-8-11(9-7-10)22-14(21)20-16(15(17,18)19)23-12-4-2-3-5-13(12)24-16/h2-9H,1H3,(H,20,21). The van der Waals surface area contributed by atoms with Crippen molar-refractivity contribution in [3.63, 3.8) is 0 Å². The number of carbonyl (C=O) groups is 1. The molecule has 0 aliphatic carbocycles. The molecule has 0 radical (unpaired) electrons. The van der Waals surface area contributed by atoms with Crippen molar-refractivity contribution in [3.05, 3.63) is 54.1 Å². The second kappa shape index (κ2) is 6.24. The molecule has 5 nitrogen and oxygen atoms in total. The molecule has 0 aromatic heterocycles. The van der Waals surface area contributed by atoms with Crippen molar-refractivity contribution in [2.75, 3.05) is 0 Å². The number of para-hydroxylation sites is 2. The molecule has 1 amide bonds. The first-order chi connectivity index (χ1) is 11.3. The van der Waals surface area contributed by atoms with E-state index in [9.17, 15) is 4.79 Å². The number of rotatable bonds is 2. The number of hydrogen-bond acceptors (Lipinski definition) is 4. The number of benzene rings is 2. The van der Waals surface area contributed by atoms with Gasteiger partial charge in [-0.15, -0.1) is 0 Å². The fourth-order valence-corrected chi connectivity index (χ4v) is 2.43. The zero-order chi connectivity index (χ0) is 17.4. The lowest BCUT2D eigenvalue weighted by molar-refractivity contribution is -0.0964. The largest absolute Gasteiger partial charge is 0.428 e. The van der Waals surface area contributed by atoms with Crippen LogP contribution < -0.4 is 19.5 Å². The molecule has 0 spiro atoms. The van der Waals surface area contributed by atoms with Crippen LogP contribution in [-0.4, -0.2) is 15.8 Å². The number of amides is 1. The Bertz CT molecular complexity index is 734. The fourth-order valence-electron chi connectivity index (χ4n) is 2.06. The van der Waals surface area contributed by atoms with Crippen LogP contribution in [0.15, 0.2) is 48.5 Å². The summed E-state index contributed by atoms with van der Waals surface area (Å²) in [5, 5.41) is 2.34. The summed E-state index contributed by atoms with van der Waals surface area (Å²) < 4.78 is 14.2. The van der Waals surface area contributed by atoms with Gasteiger partial charge in [0.1, 0.15) is 5.75 Å². The molecule has 0 saturated carbocycles. The minimum absolute atomic E-state index is 0.327. The van der Waals surface area contributed by atoms with Crippen LogP contribution in [0.3, 0.4) is 0 Å². The summed E-state index contributed by atoms with van der Waals surface area (Å²) in [5.74, 6) is -1.05. The summed E-state index contributed by atoms with van der Waals surface area (Å²) in [7, 11) is 0. The predicted molar refractivity (Wildman–Crippen MR) is 91.1 cm³/mol. The number of halogens is 3. The lowest BCUT2D eigenvalue weighted by Gasteiger charge is -2.33. The van der Waals surface area contributed by atoms with Crippen LogP contribution in [-0.2, 0) is 0 Å². The van der Waals surface area contributed by atoms with Gasteiger partial charge in [0.15, 0.2) is 11.5 Å². The van der Waals surface area contributed by atoms with Crippen LogP contribution in [0.25, 0.3) is 0 Å². The summed E-state index contributed by atoms with van der Waals surface area (Å²) in [6.45, 7) is 1.92. The normalized spacial score (nSPS) is 15.0. The van der Waals surface area contributed by atoms with Gasteiger partial charge in [0.05, 0.1) is 0 Å². The van der Waals surface area contributed by atoms with Gasteiger partial charge in [-0.2, -0.15) is 0 Å². The molecule has 0 fully saturated rings. The number of nitrogens with one attached hydrogen (secondary N) is 1. The van der Waals surface area contributed by atoms with E-state index in [0.717, 1.165) is 5.56 Å². The molecule has 8 heteroatoms. The molecular formula is C16H12Cl3NO4. The van der Waals surface area contributed by atoms with Crippen molar-refractivity contribution in [1.82, 2.24) is 5.32 Å². The monoisotopic (exact) mass is 387 g/mol. The Morgan fingerprint density at radius 3 is 2.08 bits per heavy atom. The lowest BCUT2D eigenvalue weighted by Crippen LogP contribution is -2.64. The first-order valence-corrected chi connectivity index (χ1v) is 8.03. The number of ether oxygens (including phenoxy) is 3. The van der Waals surface area contributed by atoms with Gasteiger partial charge < -0.3 is 14.2 Å². The van der Waals surface area contributed by atoms with E-state index in [2.05, 4.69) is 5.32 Å². The Morgan fingerprint density at radius 2 is 1.58 bits per heavy atom. The number of fused-ring (bicyclic) bond motifs is 1. The third-order valence-corrected chi connectivity index (χ3v) is 3.97. The summed E-state index contributed by atoms with van der Waals surface area (Å²) in [6, 6.07) is 13.6. The van der Waals surface area contributed by atoms with Crippen LogP contribution in [0, 0.1) is 6.92 Å². The molecule has 2 aromatic carbocycles. The van der Waals surface area contributed by atoms with E-state index in [0.29, 0.717) is 17.2 Å². The van der Waals surface area contributed by atoms with Gasteiger partial charge in [-0.1, -0.05) is 64.6 Å². The molecule has 3 rings (SSSR count). The average molecular weight is 389 g/mol. The van der Waals surface area contributed by atoms with Gasteiger partial charge in [-0.25, -0.2) is 10.1 Å². The van der Waals surface area contributed by atoms with E-state index in [1.165, 1.54) is 0 Å². The van der Waals surface area contributed by atoms with E-state index < -0.39 is 15.8 Å². The quantitative estimate of drug-likeness (QED) is 0.765. The van der Waals surface area contributed by atoms with Crippen LogP contribution in [0.5, 0.6) is 17.2 Å². The van der Waals surface area contributed by atoms with Crippen molar-refractivity contribution in [2.24, 2.45) is 0 Å². The minimum atomic E-state index is -2.11. The molecule has 0 atom stereocenters. The number of hydrogen-bond donors (Lipinski definition) is 1. The summed E-state index contributed by atoms with van der Waals surface area (Å²) in [4.78, 5) is 12.2. The second-order valence-corrected chi connectivity index (χ2v) is 7.37. The van der Waals surface area contributed by atoms with Crippen LogP contribution in [0.2, 0.25) is 0 Å². The van der Waals surface area contributed by atoms with Gasteiger partial charge in [0.2, 0.25) is 0 Å². The Balaban J connectivity index is 1.79. The van der Waals surface area contributed by atoms with Crippen LogP contribution in [0.4, 0.5) is 4.79 Å². The van der Waals surface area contributed by atoms with E-state index >= 15 is 0 Å². The maximum absolute atomic E-state index is 12.2. The smallest absolute Gasteiger partial charge is 0.418 e. The lowest BCUT2D eigenvalue weighted by atomic mass is 10.2. The topological polar surface area (TPSA) is 56.8 Å². The maximum atomic E-state index is 12.2. The zero-order valence-corrected chi connectivity index (χ0v) is 14.7. The van der Waals surface area contributed by atoms with Crippen molar-refractivity contribution in [1.29, 1.82) is 0 Å². The molecule has 1 aliphatic heterocycles. The van der Waals surface area contributed by atoms with Gasteiger partial charge in [0, 0.05) is 0 Å². The Morgan fingerprint density at radius 1 is 1.04 bits per heavy atom. The van der Waals surface area contributed by atoms with Gasteiger partial charge in [-0.3, -0.25) is 0 Å². The molecule has 0 unspecified atom stereocenters. The SMILES string of the molecule is Cc1ccc(OC(=O)NC2(C(Cl)(Cl)Cl)Oc3ccccc3O2)cc1. The molecule has 0 bridgehead atoms. The Hall–Kier alpha value is -1.82. The molecule has 0 saturated heterocycles. The molecule has 1 heterocycles. The third kappa shape index (κ3) is 3.34. The van der Waals surface area contributed by atoms with Crippen molar-refractivity contribution < 1.29 is 19.0 Å². The number of alkyl halides is 3. The first kappa shape index (κ1) is 17.0. The summed E-state index contributed by atoms with van der Waals surface area (Å²) in [6.07, 6.45) is -0.891. The highest BCUT2D eigenvalue weighted by atomic mass is 35.6. The van der Waals surface area contributed by atoms with E-state index in [1.807, 2.05) is 6.92 Å². The van der Waals surface area contributed by atoms with Gasteiger partial charge in [0.25, 0.3) is 3.79 Å². The molecule has 2 aromatic rings. The fraction of sp³-hybridized carbons (Fsp3) is 0.188. The Labute approximate surface area is 153 Å². The van der Waals surface area contributed by atoms with Crippen molar-refractivity contribution in [2.45, 2.75) is 16.6 Å². The van der Waals surface area contributed by atoms with E-state index in [-0.39, 0.29) is 0 Å². The molecule has 1 N–H and O–H groups in total. The summed E-state index contributed by atoms with van der Waals surface area (Å²) >= 11 is 17.9. The predicted octanol–water partition coefficient (Wildman–Crippen LogP) is 4.58. The van der Waals surface area contributed by atoms with Crippen molar-refractivity contribution >= 4 is 40.9 Å². The van der Waals surface area contributed by atoms with Gasteiger partial charge >= 0.3 is 12.0 Å². The highest BCUT2D eigenvalue weighted by Gasteiger charge is 2.60. The number of carbonyl (C=O) groups excluding carboxylic acids is 1. The van der Waals surface area contributed by atoms with Crippen molar-refractivity contribution in [3.8, 4) is 17.2 Å². The highest BCUT2D eigenvalue weighted by Crippen LogP contribution is 2.48. The second-order valence-electron chi connectivity index (χ2n) is 5.09. The number of aryl methyl sites for hydroxylation is 1. The first-order valence-electron chi connectivity index (χ1n) is 6.89. The van der Waals surface area contributed by atoms with Crippen LogP contribution in [0.1, 0.15) is 5.56 Å². The van der Waals surface area contributed by atoms with E-state index in [1.54, 1.807) is 48.5 Å². The summed E-state index contributed by atoms with van der Waals surface area (Å²) in [5.41, 5.74) is 1.03. The average Bonchev–Trinajstić information content (AvgIpc) is 2.88. The molecule has 126 valence electrons. The molecule has 24 heavy (non-hydrogen) atoms. The Kier molecular flexibility index (Phi) is 4.42. The maximum Gasteiger partial charge on any atom is 0.418 e. The zero-order valence-electron chi connectivity index (χ0n) is 12.4. The van der Waals surface area contributed by atoms with Gasteiger partial charge in [-0.05, 0) is 31.2 Å². The molecule has 1 aliphatic rings. The molecular weight excluding hydrogens is 377 g/mol. The minimum Gasteiger partial charge on any atom is -0.428 e. The third-order valence-electron chi connectivity index (χ3n) is 3.23. The highest BCUT2D eigenvalue weighted by molar-refractivity contribution is 6.68. The van der Waals surface area contributed by atoms with E-state index in [4.69, 9.17) is 49.0 Å².